The van der Waals surface area contributed by atoms with E-state index in [1.165, 1.54) is 10.5 Å². The Morgan fingerprint density at radius 1 is 0.985 bits per heavy atom. The highest BCUT2D eigenvalue weighted by atomic mass is 35.5. The lowest BCUT2D eigenvalue weighted by Gasteiger charge is -2.63. The van der Waals surface area contributed by atoms with Crippen LogP contribution in [-0.4, -0.2) is 103 Å². The Labute approximate surface area is 400 Å². The fraction of sp³-hybridized carbons (Fsp3) is 0.519. The fourth-order valence-electron chi connectivity index (χ4n) is 9.80. The number of rotatable bonds is 19. The Morgan fingerprint density at radius 3 is 2.34 bits per heavy atom. The minimum atomic E-state index is -0.937. The number of nitrogens with zero attached hydrogens (tertiary/aromatic N) is 2. The second-order valence-corrected chi connectivity index (χ2v) is 20.7. The van der Waals surface area contributed by atoms with Crippen LogP contribution in [0.5, 0.6) is 5.75 Å². The molecule has 3 aromatic carbocycles. The molecule has 1 saturated heterocycles. The molecule has 67 heavy (non-hydrogen) atoms. The Balaban J connectivity index is 0.875. The Morgan fingerprint density at radius 2 is 1.70 bits per heavy atom. The van der Waals surface area contributed by atoms with Gasteiger partial charge in [-0.25, -0.2) is 0 Å². The van der Waals surface area contributed by atoms with Crippen molar-refractivity contribution in [2.75, 3.05) is 44.7 Å². The predicted octanol–water partition coefficient (Wildman–Crippen LogP) is 6.61. The molecule has 6 rings (SSSR count). The first kappa shape index (κ1) is 50.9. The van der Waals surface area contributed by atoms with Crippen molar-refractivity contribution in [1.29, 1.82) is 5.26 Å². The van der Waals surface area contributed by atoms with Crippen molar-refractivity contribution in [2.45, 2.75) is 117 Å². The summed E-state index contributed by atoms with van der Waals surface area (Å²) in [6.45, 7) is 16.8. The predicted molar refractivity (Wildman–Crippen MR) is 260 cm³/mol. The van der Waals surface area contributed by atoms with E-state index in [4.69, 9.17) is 21.1 Å². The standard InChI is InChI=1S/C52H68ClN7O7/c1-50(2,3)44(47(65)60-31-39(61)27-42(60)46(64)57-30-33-11-13-34(14-12-33)35-21-24-55-25-22-35)58-43(62)32-66-26-10-8-9-23-56-38-18-15-36(16-19-38)45(63)59-48-51(4,5)49(52(48,6)7)67-40-20-17-37(29-54)41(53)28-40/h11-21,28,39,42,44,48-49,55-56,61H,8-10,22-27,30-32H2,1-7H3,(H,57,64)(H,58,62)(H,59,63)/t39-,42+,44?,48-,49-/m1/s1. The second kappa shape index (κ2) is 22.1. The van der Waals surface area contributed by atoms with Crippen LogP contribution >= 0.6 is 11.6 Å². The normalized spacial score (nSPS) is 21.2. The number of nitriles is 1. The van der Waals surface area contributed by atoms with Gasteiger partial charge in [-0.15, -0.1) is 0 Å². The molecule has 1 unspecified atom stereocenters. The van der Waals surface area contributed by atoms with Crippen LogP contribution in [0.3, 0.4) is 0 Å². The Kier molecular flexibility index (Phi) is 16.8. The number of aliphatic hydroxyl groups excluding tert-OH is 1. The molecule has 3 atom stereocenters. The van der Waals surface area contributed by atoms with E-state index in [0.29, 0.717) is 35.1 Å². The Bertz CT molecular complexity index is 2290. The smallest absolute Gasteiger partial charge is 0.251 e. The van der Waals surface area contributed by atoms with E-state index in [0.717, 1.165) is 55.6 Å². The number of carbonyl (C=O) groups excluding carboxylic acids is 4. The first-order valence-corrected chi connectivity index (χ1v) is 23.8. The monoisotopic (exact) mass is 937 g/mol. The summed E-state index contributed by atoms with van der Waals surface area (Å²) in [6, 6.07) is 20.6. The molecule has 3 aromatic rings. The lowest BCUT2D eigenvalue weighted by atomic mass is 9.49. The van der Waals surface area contributed by atoms with E-state index in [1.54, 1.807) is 30.3 Å². The van der Waals surface area contributed by atoms with Gasteiger partial charge in [-0.3, -0.25) is 19.2 Å². The summed E-state index contributed by atoms with van der Waals surface area (Å²) in [5.74, 6) is -0.778. The number of β-amino-alcohol motifs (C(OH)–C–C–N with tert-alkyl or cyclic N) is 1. The molecule has 2 aliphatic heterocycles. The topological polar surface area (TPSA) is 194 Å². The average Bonchev–Trinajstić information content (AvgIpc) is 3.70. The number of hydrogen-bond donors (Lipinski definition) is 6. The lowest BCUT2D eigenvalue weighted by molar-refractivity contribution is -0.164. The number of aliphatic hydroxyl groups is 1. The third-order valence-corrected chi connectivity index (χ3v) is 13.6. The summed E-state index contributed by atoms with van der Waals surface area (Å²) < 4.78 is 12.0. The van der Waals surface area contributed by atoms with Crippen molar-refractivity contribution >= 4 is 46.5 Å². The molecule has 0 radical (unpaired) electrons. The zero-order valence-corrected chi connectivity index (χ0v) is 40.7. The maximum absolute atomic E-state index is 14.0. The molecule has 14 nitrogen and oxygen atoms in total. The van der Waals surface area contributed by atoms with Gasteiger partial charge in [-0.1, -0.05) is 90.4 Å². The van der Waals surface area contributed by atoms with Crippen LogP contribution in [0.2, 0.25) is 5.02 Å². The number of likely N-dealkylation sites (tertiary alicyclic amines) is 1. The molecular weight excluding hydrogens is 870 g/mol. The van der Waals surface area contributed by atoms with Crippen LogP contribution in [0, 0.1) is 27.6 Å². The van der Waals surface area contributed by atoms with Crippen LogP contribution in [0.4, 0.5) is 5.69 Å². The summed E-state index contributed by atoms with van der Waals surface area (Å²) in [4.78, 5) is 55.3. The van der Waals surface area contributed by atoms with Gasteiger partial charge < -0.3 is 46.1 Å². The number of unbranched alkanes of at least 4 members (excludes halogenated alkanes) is 2. The summed E-state index contributed by atoms with van der Waals surface area (Å²) in [6.07, 6.45) is 4.67. The molecule has 0 aromatic heterocycles. The third kappa shape index (κ3) is 12.8. The number of anilines is 1. The van der Waals surface area contributed by atoms with Gasteiger partial charge in [0.05, 0.1) is 16.7 Å². The maximum atomic E-state index is 14.0. The van der Waals surface area contributed by atoms with Gasteiger partial charge in [0.15, 0.2) is 0 Å². The molecular formula is C52H68ClN7O7. The van der Waals surface area contributed by atoms with Crippen molar-refractivity contribution in [1.82, 2.24) is 26.2 Å². The van der Waals surface area contributed by atoms with Crippen molar-refractivity contribution < 1.29 is 33.8 Å². The minimum Gasteiger partial charge on any atom is -0.489 e. The largest absolute Gasteiger partial charge is 0.489 e. The zero-order chi connectivity index (χ0) is 48.5. The number of carbonyl (C=O) groups is 4. The molecule has 2 heterocycles. The minimum absolute atomic E-state index is 0.00178. The highest BCUT2D eigenvalue weighted by molar-refractivity contribution is 6.31. The summed E-state index contributed by atoms with van der Waals surface area (Å²) in [7, 11) is 0. The van der Waals surface area contributed by atoms with Gasteiger partial charge in [0.2, 0.25) is 17.7 Å². The van der Waals surface area contributed by atoms with Gasteiger partial charge in [0.1, 0.15) is 36.6 Å². The average molecular weight is 939 g/mol. The molecule has 3 aliphatic rings. The number of hydrogen-bond acceptors (Lipinski definition) is 10. The van der Waals surface area contributed by atoms with E-state index < -0.39 is 35.4 Å². The quantitative estimate of drug-likeness (QED) is 0.0713. The molecule has 0 spiro atoms. The fourth-order valence-corrected chi connectivity index (χ4v) is 10.0. The van der Waals surface area contributed by atoms with Gasteiger partial charge in [-0.2, -0.15) is 5.26 Å². The number of nitrogens with one attached hydrogen (secondary N) is 5. The second-order valence-electron chi connectivity index (χ2n) is 20.3. The van der Waals surface area contributed by atoms with Crippen LogP contribution in [0.1, 0.15) is 108 Å². The molecule has 1 saturated carbocycles. The molecule has 1 aliphatic carbocycles. The number of amides is 4. The Hall–Kier alpha value is -5.46. The van der Waals surface area contributed by atoms with Crippen molar-refractivity contribution in [3.8, 4) is 11.8 Å². The van der Waals surface area contributed by atoms with Crippen molar-refractivity contribution in [3.63, 3.8) is 0 Å². The van der Waals surface area contributed by atoms with Crippen molar-refractivity contribution in [2.24, 2.45) is 16.2 Å². The molecule has 360 valence electrons. The molecule has 6 N–H and O–H groups in total. The molecule has 2 fully saturated rings. The number of ether oxygens (including phenoxy) is 2. The summed E-state index contributed by atoms with van der Waals surface area (Å²) in [5.41, 5.74) is 3.81. The van der Waals surface area contributed by atoms with Gasteiger partial charge in [0, 0.05) is 73.4 Å². The molecule has 4 amide bonds. The first-order valence-electron chi connectivity index (χ1n) is 23.4. The van der Waals surface area contributed by atoms with Crippen molar-refractivity contribution in [3.05, 3.63) is 100 Å². The van der Waals surface area contributed by atoms with Gasteiger partial charge in [0.25, 0.3) is 5.91 Å². The molecule has 0 bridgehead atoms. The third-order valence-electron chi connectivity index (χ3n) is 13.2. The van der Waals surface area contributed by atoms with Crippen LogP contribution in [0.15, 0.2) is 72.8 Å². The highest BCUT2D eigenvalue weighted by Gasteiger charge is 2.64. The zero-order valence-electron chi connectivity index (χ0n) is 40.0. The summed E-state index contributed by atoms with van der Waals surface area (Å²) in [5, 5.41) is 35.9. The van der Waals surface area contributed by atoms with Crippen LogP contribution in [0.25, 0.3) is 5.57 Å². The van der Waals surface area contributed by atoms with E-state index in [9.17, 15) is 29.5 Å². The van der Waals surface area contributed by atoms with Crippen LogP contribution < -0.4 is 31.3 Å². The number of halogens is 1. The van der Waals surface area contributed by atoms with E-state index in [2.05, 4.69) is 78.6 Å². The highest BCUT2D eigenvalue weighted by Crippen LogP contribution is 2.55. The van der Waals surface area contributed by atoms with Gasteiger partial charge in [-0.05, 0) is 90.7 Å². The molecule has 15 heteroatoms. The summed E-state index contributed by atoms with van der Waals surface area (Å²) >= 11 is 6.24. The lowest BCUT2D eigenvalue weighted by Crippen LogP contribution is -2.74. The number of benzene rings is 3. The van der Waals surface area contributed by atoms with E-state index in [1.807, 2.05) is 45.0 Å². The first-order chi connectivity index (χ1) is 31.8. The van der Waals surface area contributed by atoms with E-state index in [-0.39, 0.29) is 60.9 Å². The van der Waals surface area contributed by atoms with E-state index >= 15 is 0 Å². The SMILES string of the molecule is CC(C)(C)C(NC(=O)COCCCCCNc1ccc(C(=O)N[C@H]2C(C)(C)[C@H](Oc3ccc(C#N)c(Cl)c3)C2(C)C)cc1)C(=O)N1C[C@H](O)C[C@H]1C(=O)NCc1ccc(C2=CCNCC2)cc1. The van der Waals surface area contributed by atoms with Gasteiger partial charge >= 0.3 is 0 Å². The maximum Gasteiger partial charge on any atom is 0.251 e. The van der Waals surface area contributed by atoms with Crippen LogP contribution in [-0.2, 0) is 25.7 Å².